The van der Waals surface area contributed by atoms with Crippen LogP contribution in [0.5, 0.6) is 11.5 Å². The summed E-state index contributed by atoms with van der Waals surface area (Å²) in [7, 11) is 0. The number of rotatable bonds is 6. The molecule has 0 spiro atoms. The molecule has 0 radical (unpaired) electrons. The molecule has 0 aromatic heterocycles. The fourth-order valence-corrected chi connectivity index (χ4v) is 3.70. The number of hydrazine groups is 1. The normalized spacial score (nSPS) is 11.6. The Morgan fingerprint density at radius 2 is 1.83 bits per heavy atom. The van der Waals surface area contributed by atoms with Crippen molar-refractivity contribution in [2.24, 2.45) is 0 Å². The molecule has 0 bridgehead atoms. The minimum atomic E-state index is -0.776. The summed E-state index contributed by atoms with van der Waals surface area (Å²) in [6.07, 6.45) is -0.776. The van der Waals surface area contributed by atoms with E-state index in [1.807, 2.05) is 49.4 Å². The van der Waals surface area contributed by atoms with Gasteiger partial charge in [-0.05, 0) is 76.4 Å². The molecule has 8 heteroatoms. The average Bonchev–Trinajstić information content (AvgIpc) is 2.71. The average molecular weight is 536 g/mol. The number of aryl methyl sites for hydroxylation is 1. The number of fused-ring (bicyclic) bond motifs is 1. The first-order chi connectivity index (χ1) is 14.3. The molecule has 2 amide bonds. The van der Waals surface area contributed by atoms with E-state index in [0.29, 0.717) is 11.5 Å². The van der Waals surface area contributed by atoms with E-state index in [9.17, 15) is 9.59 Å². The number of carbonyl (C=O) groups is 2. The van der Waals surface area contributed by atoms with E-state index < -0.39 is 17.9 Å². The second-order valence-corrected chi connectivity index (χ2v) is 8.35. The molecule has 30 heavy (non-hydrogen) atoms. The van der Waals surface area contributed by atoms with Crippen LogP contribution in [-0.4, -0.2) is 24.5 Å². The Morgan fingerprint density at radius 1 is 1.03 bits per heavy atom. The van der Waals surface area contributed by atoms with Crippen LogP contribution in [0.1, 0.15) is 12.5 Å². The summed E-state index contributed by atoms with van der Waals surface area (Å²) in [6, 6.07) is 16.9. The maximum Gasteiger partial charge on any atom is 0.279 e. The van der Waals surface area contributed by atoms with Crippen molar-refractivity contribution in [3.63, 3.8) is 0 Å². The SMILES string of the molecule is Cc1cccc(OC(C)C(=O)NNC(=O)COc2ccc3cc(Br)ccc3c2Br)c1. The third-order valence-electron chi connectivity index (χ3n) is 4.24. The number of ether oxygens (including phenoxy) is 2. The third-order valence-corrected chi connectivity index (χ3v) is 5.55. The molecule has 1 unspecified atom stereocenters. The summed E-state index contributed by atoms with van der Waals surface area (Å²) in [5.41, 5.74) is 5.70. The minimum Gasteiger partial charge on any atom is -0.483 e. The van der Waals surface area contributed by atoms with Crippen LogP contribution in [0.2, 0.25) is 0 Å². The number of hydrogen-bond acceptors (Lipinski definition) is 4. The zero-order valence-corrected chi connectivity index (χ0v) is 19.5. The Hall–Kier alpha value is -2.58. The van der Waals surface area contributed by atoms with Gasteiger partial charge in [-0.1, -0.05) is 40.2 Å². The quantitative estimate of drug-likeness (QED) is 0.450. The van der Waals surface area contributed by atoms with Crippen LogP contribution < -0.4 is 20.3 Å². The smallest absolute Gasteiger partial charge is 0.279 e. The topological polar surface area (TPSA) is 76.7 Å². The van der Waals surface area contributed by atoms with Crippen molar-refractivity contribution in [2.45, 2.75) is 20.0 Å². The van der Waals surface area contributed by atoms with Crippen molar-refractivity contribution in [1.82, 2.24) is 10.9 Å². The molecular weight excluding hydrogens is 516 g/mol. The maximum absolute atomic E-state index is 12.1. The van der Waals surface area contributed by atoms with Crippen molar-refractivity contribution in [3.8, 4) is 11.5 Å². The monoisotopic (exact) mass is 534 g/mol. The van der Waals surface area contributed by atoms with Crippen molar-refractivity contribution in [2.75, 3.05) is 6.61 Å². The van der Waals surface area contributed by atoms with E-state index in [-0.39, 0.29) is 6.61 Å². The Labute approximate surface area is 191 Å². The van der Waals surface area contributed by atoms with E-state index in [1.165, 1.54) is 0 Å². The standard InChI is InChI=1S/C22H20Br2N2O4/c1-13-4-3-5-17(10-13)30-14(2)22(28)26-25-20(27)12-29-19-9-6-15-11-16(23)7-8-18(15)21(19)24/h3-11,14H,12H2,1-2H3,(H,25,27)(H,26,28). The molecule has 3 rings (SSSR count). The summed E-state index contributed by atoms with van der Waals surface area (Å²) < 4.78 is 12.9. The van der Waals surface area contributed by atoms with Gasteiger partial charge in [-0.15, -0.1) is 0 Å². The van der Waals surface area contributed by atoms with Crippen molar-refractivity contribution in [1.29, 1.82) is 0 Å². The highest BCUT2D eigenvalue weighted by Crippen LogP contribution is 2.34. The third kappa shape index (κ3) is 5.73. The van der Waals surface area contributed by atoms with Gasteiger partial charge >= 0.3 is 0 Å². The van der Waals surface area contributed by atoms with Gasteiger partial charge < -0.3 is 9.47 Å². The molecule has 6 nitrogen and oxygen atoms in total. The molecule has 156 valence electrons. The summed E-state index contributed by atoms with van der Waals surface area (Å²) in [4.78, 5) is 24.2. The van der Waals surface area contributed by atoms with Crippen LogP contribution in [0.4, 0.5) is 0 Å². The summed E-state index contributed by atoms with van der Waals surface area (Å²) in [6.45, 7) is 3.28. The lowest BCUT2D eigenvalue weighted by Crippen LogP contribution is -2.48. The van der Waals surface area contributed by atoms with Gasteiger partial charge in [0.25, 0.3) is 11.8 Å². The fraction of sp³-hybridized carbons (Fsp3) is 0.182. The molecular formula is C22H20Br2N2O4. The van der Waals surface area contributed by atoms with Crippen LogP contribution in [-0.2, 0) is 9.59 Å². The van der Waals surface area contributed by atoms with Gasteiger partial charge in [0.15, 0.2) is 12.7 Å². The minimum absolute atomic E-state index is 0.256. The van der Waals surface area contributed by atoms with Gasteiger partial charge in [-0.25, -0.2) is 0 Å². The molecule has 3 aromatic carbocycles. The lowest BCUT2D eigenvalue weighted by Gasteiger charge is -2.16. The van der Waals surface area contributed by atoms with E-state index in [4.69, 9.17) is 9.47 Å². The molecule has 0 saturated carbocycles. The lowest BCUT2D eigenvalue weighted by molar-refractivity contribution is -0.133. The number of amides is 2. The number of nitrogens with one attached hydrogen (secondary N) is 2. The predicted molar refractivity (Wildman–Crippen MR) is 122 cm³/mol. The molecule has 3 aromatic rings. The summed E-state index contributed by atoms with van der Waals surface area (Å²) in [5.74, 6) is 0.152. The Morgan fingerprint density at radius 3 is 2.60 bits per heavy atom. The Bertz CT molecular complexity index is 1090. The Balaban J connectivity index is 1.50. The summed E-state index contributed by atoms with van der Waals surface area (Å²) in [5, 5.41) is 1.99. The van der Waals surface area contributed by atoms with Crippen molar-refractivity contribution in [3.05, 3.63) is 69.1 Å². The van der Waals surface area contributed by atoms with Gasteiger partial charge in [0.1, 0.15) is 11.5 Å². The van der Waals surface area contributed by atoms with Gasteiger partial charge in [0.05, 0.1) is 4.47 Å². The van der Waals surface area contributed by atoms with E-state index >= 15 is 0 Å². The molecule has 2 N–H and O–H groups in total. The molecule has 0 aliphatic heterocycles. The highest BCUT2D eigenvalue weighted by atomic mass is 79.9. The Kier molecular flexibility index (Phi) is 7.33. The zero-order valence-electron chi connectivity index (χ0n) is 16.4. The highest BCUT2D eigenvalue weighted by Gasteiger charge is 2.16. The van der Waals surface area contributed by atoms with Crippen molar-refractivity contribution >= 4 is 54.4 Å². The largest absolute Gasteiger partial charge is 0.483 e. The van der Waals surface area contributed by atoms with Crippen LogP contribution in [0.15, 0.2) is 63.5 Å². The van der Waals surface area contributed by atoms with E-state index in [1.54, 1.807) is 19.1 Å². The van der Waals surface area contributed by atoms with Crippen molar-refractivity contribution < 1.29 is 19.1 Å². The fourth-order valence-electron chi connectivity index (χ4n) is 2.71. The van der Waals surface area contributed by atoms with Crippen LogP contribution >= 0.6 is 31.9 Å². The molecule has 0 heterocycles. The molecule has 0 saturated heterocycles. The molecule has 0 aliphatic rings. The first-order valence-electron chi connectivity index (χ1n) is 9.16. The number of hydrogen-bond donors (Lipinski definition) is 2. The molecule has 1 atom stereocenters. The van der Waals surface area contributed by atoms with Crippen LogP contribution in [0.25, 0.3) is 10.8 Å². The predicted octanol–water partition coefficient (Wildman–Crippen LogP) is 4.67. The van der Waals surface area contributed by atoms with Gasteiger partial charge in [-0.2, -0.15) is 0 Å². The number of halogens is 2. The maximum atomic E-state index is 12.1. The van der Waals surface area contributed by atoms with Gasteiger partial charge in [0, 0.05) is 4.47 Å². The van der Waals surface area contributed by atoms with Gasteiger partial charge in [0.2, 0.25) is 0 Å². The van der Waals surface area contributed by atoms with Gasteiger partial charge in [-0.3, -0.25) is 20.4 Å². The summed E-state index contributed by atoms with van der Waals surface area (Å²) >= 11 is 6.96. The van der Waals surface area contributed by atoms with Crippen LogP contribution in [0.3, 0.4) is 0 Å². The first-order valence-corrected chi connectivity index (χ1v) is 10.7. The van der Waals surface area contributed by atoms with E-state index in [0.717, 1.165) is 25.3 Å². The molecule has 0 aliphatic carbocycles. The lowest BCUT2D eigenvalue weighted by atomic mass is 10.1. The number of carbonyl (C=O) groups excluding carboxylic acids is 2. The second-order valence-electron chi connectivity index (χ2n) is 6.65. The second kappa shape index (κ2) is 9.95. The number of benzene rings is 3. The van der Waals surface area contributed by atoms with E-state index in [2.05, 4.69) is 42.7 Å². The zero-order chi connectivity index (χ0) is 21.7. The molecule has 0 fully saturated rings. The highest BCUT2D eigenvalue weighted by molar-refractivity contribution is 9.11. The van der Waals surface area contributed by atoms with Crippen LogP contribution in [0, 0.1) is 6.92 Å². The first kappa shape index (κ1) is 22.1.